The molecule has 5 heteroatoms. The highest BCUT2D eigenvalue weighted by Gasteiger charge is 2.48. The van der Waals surface area contributed by atoms with E-state index in [4.69, 9.17) is 4.74 Å². The molecule has 0 aromatic carbocycles. The molecule has 0 spiro atoms. The van der Waals surface area contributed by atoms with Crippen molar-refractivity contribution in [2.75, 3.05) is 12.4 Å². The first-order chi connectivity index (χ1) is 7.54. The Morgan fingerprint density at radius 1 is 1.44 bits per heavy atom. The zero-order valence-corrected chi connectivity index (χ0v) is 9.70. The Morgan fingerprint density at radius 2 is 2.06 bits per heavy atom. The van der Waals surface area contributed by atoms with Crippen LogP contribution in [0.4, 0.5) is 10.3 Å². The van der Waals surface area contributed by atoms with Crippen molar-refractivity contribution >= 4 is 5.95 Å². The molecule has 0 amide bonds. The van der Waals surface area contributed by atoms with Crippen LogP contribution in [-0.4, -0.2) is 29.2 Å². The summed E-state index contributed by atoms with van der Waals surface area (Å²) in [6.07, 6.45) is 3.50. The second-order valence-corrected chi connectivity index (χ2v) is 4.70. The molecule has 1 saturated carbocycles. The predicted octanol–water partition coefficient (Wildman–Crippen LogP) is 1.84. The summed E-state index contributed by atoms with van der Waals surface area (Å²) in [4.78, 5) is 7.76. The molecule has 1 aliphatic rings. The highest BCUT2D eigenvalue weighted by atomic mass is 19.1. The minimum Gasteiger partial charge on any atom is -0.381 e. The third kappa shape index (κ3) is 1.87. The van der Waals surface area contributed by atoms with Gasteiger partial charge in [0.1, 0.15) is 0 Å². The first-order valence-corrected chi connectivity index (χ1v) is 5.31. The number of ether oxygens (including phenoxy) is 1. The molecule has 0 saturated heterocycles. The largest absolute Gasteiger partial charge is 0.381 e. The highest BCUT2D eigenvalue weighted by Crippen LogP contribution is 2.43. The molecule has 4 nitrogen and oxygen atoms in total. The van der Waals surface area contributed by atoms with Crippen LogP contribution < -0.4 is 5.32 Å². The second kappa shape index (κ2) is 3.97. The van der Waals surface area contributed by atoms with E-state index in [-0.39, 0.29) is 17.6 Å². The number of hydrogen-bond acceptors (Lipinski definition) is 4. The fourth-order valence-corrected chi connectivity index (χ4v) is 2.07. The number of aromatic nitrogens is 2. The van der Waals surface area contributed by atoms with Gasteiger partial charge in [-0.2, -0.15) is 0 Å². The maximum Gasteiger partial charge on any atom is 0.223 e. The number of rotatable bonds is 3. The topological polar surface area (TPSA) is 47.0 Å². The third-order valence-corrected chi connectivity index (χ3v) is 3.39. The summed E-state index contributed by atoms with van der Waals surface area (Å²) in [5.41, 5.74) is 0.0481. The summed E-state index contributed by atoms with van der Waals surface area (Å²) in [6, 6.07) is 0.267. The maximum atomic E-state index is 12.6. The minimum atomic E-state index is -0.423. The van der Waals surface area contributed by atoms with E-state index in [1.807, 2.05) is 0 Å². The third-order valence-electron chi connectivity index (χ3n) is 3.39. The lowest BCUT2D eigenvalue weighted by Crippen LogP contribution is -2.57. The number of methoxy groups -OCH3 is 1. The van der Waals surface area contributed by atoms with E-state index in [0.29, 0.717) is 5.95 Å². The summed E-state index contributed by atoms with van der Waals surface area (Å²) in [5, 5.41) is 3.19. The fourth-order valence-electron chi connectivity index (χ4n) is 2.07. The van der Waals surface area contributed by atoms with Crippen LogP contribution in [-0.2, 0) is 4.74 Å². The molecular weight excluding hydrogens is 209 g/mol. The molecule has 0 aliphatic heterocycles. The molecule has 1 aliphatic carbocycles. The molecule has 2 rings (SSSR count). The normalized spacial score (nSPS) is 27.2. The van der Waals surface area contributed by atoms with Crippen molar-refractivity contribution in [3.8, 4) is 0 Å². The highest BCUT2D eigenvalue weighted by molar-refractivity contribution is 5.28. The van der Waals surface area contributed by atoms with Crippen LogP contribution in [0, 0.1) is 11.2 Å². The monoisotopic (exact) mass is 225 g/mol. The number of hydrogen-bond donors (Lipinski definition) is 1. The zero-order valence-electron chi connectivity index (χ0n) is 9.70. The van der Waals surface area contributed by atoms with Gasteiger partial charge in [0.05, 0.1) is 18.5 Å². The molecule has 0 radical (unpaired) electrons. The lowest BCUT2D eigenvalue weighted by atomic mass is 9.64. The van der Waals surface area contributed by atoms with Gasteiger partial charge < -0.3 is 10.1 Å². The van der Waals surface area contributed by atoms with E-state index in [1.165, 1.54) is 0 Å². The molecule has 2 unspecified atom stereocenters. The summed E-state index contributed by atoms with van der Waals surface area (Å²) in [5.74, 6) is 0.0437. The second-order valence-electron chi connectivity index (χ2n) is 4.70. The standard InChI is InChI=1S/C11H16FN3O/c1-11(2)8(4-9(11)16-3)15-10-13-5-7(12)6-14-10/h5-6,8-9H,4H2,1-3H3,(H,13,14,15). The van der Waals surface area contributed by atoms with Gasteiger partial charge in [-0.3, -0.25) is 0 Å². The molecule has 1 aromatic rings. The van der Waals surface area contributed by atoms with E-state index in [9.17, 15) is 4.39 Å². The lowest BCUT2D eigenvalue weighted by molar-refractivity contribution is -0.0796. The van der Waals surface area contributed by atoms with Crippen molar-refractivity contribution < 1.29 is 9.13 Å². The molecule has 1 fully saturated rings. The van der Waals surface area contributed by atoms with Gasteiger partial charge in [0.2, 0.25) is 5.95 Å². The van der Waals surface area contributed by atoms with Crippen molar-refractivity contribution in [1.82, 2.24) is 9.97 Å². The number of halogens is 1. The number of nitrogens with one attached hydrogen (secondary N) is 1. The Bertz CT molecular complexity index is 366. The average Bonchev–Trinajstić information content (AvgIpc) is 2.26. The van der Waals surface area contributed by atoms with Crippen LogP contribution in [0.1, 0.15) is 20.3 Å². The van der Waals surface area contributed by atoms with Crippen LogP contribution >= 0.6 is 0 Å². The van der Waals surface area contributed by atoms with Gasteiger partial charge in [0, 0.05) is 18.6 Å². The lowest BCUT2D eigenvalue weighted by Gasteiger charge is -2.51. The van der Waals surface area contributed by atoms with Crippen LogP contribution in [0.15, 0.2) is 12.4 Å². The van der Waals surface area contributed by atoms with Gasteiger partial charge in [-0.1, -0.05) is 13.8 Å². The van der Waals surface area contributed by atoms with Crippen LogP contribution in [0.2, 0.25) is 0 Å². The van der Waals surface area contributed by atoms with E-state index in [2.05, 4.69) is 29.1 Å². The van der Waals surface area contributed by atoms with Crippen LogP contribution in [0.3, 0.4) is 0 Å². The smallest absolute Gasteiger partial charge is 0.223 e. The van der Waals surface area contributed by atoms with Gasteiger partial charge in [0.15, 0.2) is 5.82 Å². The Balaban J connectivity index is 1.99. The molecule has 2 atom stereocenters. The van der Waals surface area contributed by atoms with E-state index in [0.717, 1.165) is 18.8 Å². The summed E-state index contributed by atoms with van der Waals surface area (Å²) < 4.78 is 18.0. The van der Waals surface area contributed by atoms with Gasteiger partial charge in [-0.25, -0.2) is 14.4 Å². The Labute approximate surface area is 94.2 Å². The summed E-state index contributed by atoms with van der Waals surface area (Å²) >= 11 is 0. The van der Waals surface area contributed by atoms with Crippen LogP contribution in [0.5, 0.6) is 0 Å². The van der Waals surface area contributed by atoms with Crippen molar-refractivity contribution in [3.63, 3.8) is 0 Å². The first kappa shape index (κ1) is 11.3. The van der Waals surface area contributed by atoms with E-state index in [1.54, 1.807) is 7.11 Å². The van der Waals surface area contributed by atoms with Crippen molar-refractivity contribution in [2.45, 2.75) is 32.4 Å². The number of nitrogens with zero attached hydrogens (tertiary/aromatic N) is 2. The predicted molar refractivity (Wildman–Crippen MR) is 58.6 cm³/mol. The minimum absolute atomic E-state index is 0.0481. The summed E-state index contributed by atoms with van der Waals surface area (Å²) in [7, 11) is 1.72. The molecular formula is C11H16FN3O. The average molecular weight is 225 g/mol. The molecule has 1 heterocycles. The van der Waals surface area contributed by atoms with E-state index >= 15 is 0 Å². The Kier molecular flexibility index (Phi) is 2.80. The SMILES string of the molecule is COC1CC(Nc2ncc(F)cn2)C1(C)C. The van der Waals surface area contributed by atoms with Crippen molar-refractivity contribution in [3.05, 3.63) is 18.2 Å². The fraction of sp³-hybridized carbons (Fsp3) is 0.636. The Hall–Kier alpha value is -1.23. The zero-order chi connectivity index (χ0) is 11.8. The molecule has 88 valence electrons. The van der Waals surface area contributed by atoms with Gasteiger partial charge >= 0.3 is 0 Å². The molecule has 0 bridgehead atoms. The molecule has 1 aromatic heterocycles. The molecule has 1 N–H and O–H groups in total. The van der Waals surface area contributed by atoms with Gasteiger partial charge in [-0.15, -0.1) is 0 Å². The van der Waals surface area contributed by atoms with E-state index < -0.39 is 5.82 Å². The number of anilines is 1. The quantitative estimate of drug-likeness (QED) is 0.852. The van der Waals surface area contributed by atoms with Crippen molar-refractivity contribution in [2.24, 2.45) is 5.41 Å². The summed E-state index contributed by atoms with van der Waals surface area (Å²) in [6.45, 7) is 4.26. The maximum absolute atomic E-state index is 12.6. The van der Waals surface area contributed by atoms with Crippen molar-refractivity contribution in [1.29, 1.82) is 0 Å². The first-order valence-electron chi connectivity index (χ1n) is 5.31. The Morgan fingerprint density at radius 3 is 2.56 bits per heavy atom. The van der Waals surface area contributed by atoms with Gasteiger partial charge in [-0.05, 0) is 6.42 Å². The van der Waals surface area contributed by atoms with Gasteiger partial charge in [0.25, 0.3) is 0 Å². The molecule has 16 heavy (non-hydrogen) atoms. The van der Waals surface area contributed by atoms with Crippen LogP contribution in [0.25, 0.3) is 0 Å².